The van der Waals surface area contributed by atoms with Gasteiger partial charge in [0, 0.05) is 0 Å². The number of methoxy groups -OCH3 is 2. The van der Waals surface area contributed by atoms with Crippen molar-refractivity contribution < 1.29 is 19.0 Å². The van der Waals surface area contributed by atoms with Crippen LogP contribution >= 0.6 is 0 Å². The van der Waals surface area contributed by atoms with Gasteiger partial charge < -0.3 is 14.2 Å². The van der Waals surface area contributed by atoms with Crippen molar-refractivity contribution in [3.8, 4) is 17.2 Å². The maximum Gasteiger partial charge on any atom is 0.337 e. The van der Waals surface area contributed by atoms with Crippen LogP contribution < -0.4 is 9.47 Å². The Balaban J connectivity index is 2.45. The van der Waals surface area contributed by atoms with Gasteiger partial charge in [0.05, 0.1) is 19.8 Å². The molecule has 0 aliphatic rings. The van der Waals surface area contributed by atoms with Crippen LogP contribution in [-0.2, 0) is 17.6 Å². The summed E-state index contributed by atoms with van der Waals surface area (Å²) in [6.45, 7) is 6.07. The van der Waals surface area contributed by atoms with Gasteiger partial charge in [0.15, 0.2) is 0 Å². The van der Waals surface area contributed by atoms with E-state index in [2.05, 4.69) is 0 Å². The molecule has 0 saturated heterocycles. The van der Waals surface area contributed by atoms with E-state index in [0.717, 1.165) is 46.8 Å². The molecule has 24 heavy (non-hydrogen) atoms. The summed E-state index contributed by atoms with van der Waals surface area (Å²) in [4.78, 5) is 11.9. The number of carbonyl (C=O) groups excluding carboxylic acids is 1. The van der Waals surface area contributed by atoms with Crippen LogP contribution in [0.2, 0.25) is 0 Å². The molecule has 2 aromatic rings. The predicted octanol–water partition coefficient (Wildman–Crippen LogP) is 4.71. The Labute approximate surface area is 143 Å². The summed E-state index contributed by atoms with van der Waals surface area (Å²) in [7, 11) is 3.04. The largest absolute Gasteiger partial charge is 0.496 e. The number of carbonyl (C=O) groups is 1. The summed E-state index contributed by atoms with van der Waals surface area (Å²) in [5, 5.41) is 0. The van der Waals surface area contributed by atoms with Crippen LogP contribution in [0, 0.1) is 6.92 Å². The van der Waals surface area contributed by atoms with Crippen LogP contribution in [0.15, 0.2) is 30.3 Å². The first-order valence-electron chi connectivity index (χ1n) is 8.10. The third kappa shape index (κ3) is 3.70. The molecule has 0 saturated carbocycles. The molecule has 0 aromatic heterocycles. The SMILES string of the molecule is CCc1cc(C(=O)OC)cc(CC)c1Oc1ccc(OC)c(C)c1. The van der Waals surface area contributed by atoms with Crippen LogP contribution in [0.3, 0.4) is 0 Å². The van der Waals surface area contributed by atoms with E-state index in [0.29, 0.717) is 5.56 Å². The van der Waals surface area contributed by atoms with Gasteiger partial charge >= 0.3 is 5.97 Å². The molecular formula is C20H24O4. The molecule has 0 heterocycles. The van der Waals surface area contributed by atoms with Crippen molar-refractivity contribution >= 4 is 5.97 Å². The molecule has 128 valence electrons. The summed E-state index contributed by atoms with van der Waals surface area (Å²) in [6.07, 6.45) is 1.53. The molecule has 2 aromatic carbocycles. The minimum atomic E-state index is -0.328. The van der Waals surface area contributed by atoms with Gasteiger partial charge in [0.25, 0.3) is 0 Å². The fraction of sp³-hybridized carbons (Fsp3) is 0.350. The van der Waals surface area contributed by atoms with Crippen LogP contribution in [0.1, 0.15) is 40.9 Å². The molecule has 0 spiro atoms. The average molecular weight is 328 g/mol. The standard InChI is InChI=1S/C20H24O4/c1-6-14-11-16(20(21)23-5)12-15(7-2)19(14)24-17-8-9-18(22-4)13(3)10-17/h8-12H,6-7H2,1-5H3. The van der Waals surface area contributed by atoms with E-state index in [4.69, 9.17) is 14.2 Å². The van der Waals surface area contributed by atoms with Gasteiger partial charge in [-0.2, -0.15) is 0 Å². The van der Waals surface area contributed by atoms with E-state index in [1.807, 2.05) is 51.1 Å². The number of aryl methyl sites for hydroxylation is 3. The molecule has 0 unspecified atom stereocenters. The van der Waals surface area contributed by atoms with E-state index < -0.39 is 0 Å². The van der Waals surface area contributed by atoms with Gasteiger partial charge in [-0.15, -0.1) is 0 Å². The van der Waals surface area contributed by atoms with E-state index >= 15 is 0 Å². The van der Waals surface area contributed by atoms with Crippen molar-refractivity contribution in [3.63, 3.8) is 0 Å². The highest BCUT2D eigenvalue weighted by atomic mass is 16.5. The summed E-state index contributed by atoms with van der Waals surface area (Å²) in [5.41, 5.74) is 3.55. The second-order valence-electron chi connectivity index (χ2n) is 5.56. The minimum Gasteiger partial charge on any atom is -0.496 e. The van der Waals surface area contributed by atoms with Crippen molar-refractivity contribution in [2.75, 3.05) is 14.2 Å². The monoisotopic (exact) mass is 328 g/mol. The first-order valence-corrected chi connectivity index (χ1v) is 8.10. The molecule has 0 atom stereocenters. The van der Waals surface area contributed by atoms with Crippen molar-refractivity contribution in [1.82, 2.24) is 0 Å². The van der Waals surface area contributed by atoms with Crippen molar-refractivity contribution in [3.05, 3.63) is 52.6 Å². The first kappa shape index (κ1) is 17.9. The molecule has 0 amide bonds. The lowest BCUT2D eigenvalue weighted by Crippen LogP contribution is -2.05. The number of ether oxygens (including phenoxy) is 3. The first-order chi connectivity index (χ1) is 11.5. The zero-order valence-electron chi connectivity index (χ0n) is 14.9. The lowest BCUT2D eigenvalue weighted by Gasteiger charge is -2.17. The number of esters is 1. The van der Waals surface area contributed by atoms with Crippen LogP contribution in [-0.4, -0.2) is 20.2 Å². The Morgan fingerprint density at radius 3 is 2.08 bits per heavy atom. The summed E-state index contributed by atoms with van der Waals surface area (Å²) < 4.78 is 16.3. The van der Waals surface area contributed by atoms with Crippen molar-refractivity contribution in [1.29, 1.82) is 0 Å². The van der Waals surface area contributed by atoms with Crippen LogP contribution in [0.25, 0.3) is 0 Å². The van der Waals surface area contributed by atoms with E-state index in [9.17, 15) is 4.79 Å². The van der Waals surface area contributed by atoms with Gasteiger partial charge in [0.1, 0.15) is 17.2 Å². The van der Waals surface area contributed by atoms with Crippen LogP contribution in [0.5, 0.6) is 17.2 Å². The Kier molecular flexibility index (Phi) is 5.85. The molecule has 0 aliphatic heterocycles. The van der Waals surface area contributed by atoms with Gasteiger partial charge in [-0.1, -0.05) is 13.8 Å². The Bertz CT molecular complexity index is 709. The lowest BCUT2D eigenvalue weighted by atomic mass is 10.0. The molecular weight excluding hydrogens is 304 g/mol. The van der Waals surface area contributed by atoms with Gasteiger partial charge in [-0.25, -0.2) is 4.79 Å². The lowest BCUT2D eigenvalue weighted by molar-refractivity contribution is 0.0600. The summed E-state index contributed by atoms with van der Waals surface area (Å²) in [5.74, 6) is 2.07. The highest BCUT2D eigenvalue weighted by molar-refractivity contribution is 5.90. The third-order valence-electron chi connectivity index (χ3n) is 4.01. The fourth-order valence-corrected chi connectivity index (χ4v) is 2.68. The molecule has 0 N–H and O–H groups in total. The van der Waals surface area contributed by atoms with Gasteiger partial charge in [-0.05, 0) is 66.8 Å². The average Bonchev–Trinajstić information content (AvgIpc) is 2.61. The highest BCUT2D eigenvalue weighted by Gasteiger charge is 2.16. The van der Waals surface area contributed by atoms with E-state index in [-0.39, 0.29) is 5.97 Å². The van der Waals surface area contributed by atoms with Crippen molar-refractivity contribution in [2.24, 2.45) is 0 Å². The van der Waals surface area contributed by atoms with E-state index in [1.165, 1.54) is 7.11 Å². The topological polar surface area (TPSA) is 44.8 Å². The summed E-state index contributed by atoms with van der Waals surface area (Å²) in [6, 6.07) is 9.42. The predicted molar refractivity (Wildman–Crippen MR) is 94.3 cm³/mol. The second-order valence-corrected chi connectivity index (χ2v) is 5.56. The molecule has 4 nitrogen and oxygen atoms in total. The highest BCUT2D eigenvalue weighted by Crippen LogP contribution is 2.33. The quantitative estimate of drug-likeness (QED) is 0.721. The molecule has 2 rings (SSSR count). The fourth-order valence-electron chi connectivity index (χ4n) is 2.68. The number of hydrogen-bond donors (Lipinski definition) is 0. The zero-order chi connectivity index (χ0) is 17.7. The molecule has 0 bridgehead atoms. The molecule has 0 aliphatic carbocycles. The Hall–Kier alpha value is -2.49. The van der Waals surface area contributed by atoms with Crippen molar-refractivity contribution in [2.45, 2.75) is 33.6 Å². The van der Waals surface area contributed by atoms with Crippen LogP contribution in [0.4, 0.5) is 0 Å². The number of rotatable bonds is 6. The van der Waals surface area contributed by atoms with Gasteiger partial charge in [-0.3, -0.25) is 0 Å². The maximum atomic E-state index is 11.9. The molecule has 0 fully saturated rings. The Morgan fingerprint density at radius 1 is 1.00 bits per heavy atom. The molecule has 0 radical (unpaired) electrons. The normalized spacial score (nSPS) is 10.4. The molecule has 4 heteroatoms. The number of benzene rings is 2. The Morgan fingerprint density at radius 2 is 1.62 bits per heavy atom. The maximum absolute atomic E-state index is 11.9. The smallest absolute Gasteiger partial charge is 0.337 e. The number of hydrogen-bond acceptors (Lipinski definition) is 4. The minimum absolute atomic E-state index is 0.328. The summed E-state index contributed by atoms with van der Waals surface area (Å²) >= 11 is 0. The third-order valence-corrected chi connectivity index (χ3v) is 4.01. The van der Waals surface area contributed by atoms with Gasteiger partial charge in [0.2, 0.25) is 0 Å². The second kappa shape index (κ2) is 7.86. The zero-order valence-corrected chi connectivity index (χ0v) is 14.9. The van der Waals surface area contributed by atoms with E-state index in [1.54, 1.807) is 7.11 Å².